The topological polar surface area (TPSA) is 239 Å². The van der Waals surface area contributed by atoms with Crippen LogP contribution in [0.5, 0.6) is 0 Å². The fourth-order valence-electron chi connectivity index (χ4n) is 6.45. The first-order chi connectivity index (χ1) is 27.7. The monoisotopic (exact) mass is 828 g/mol. The predicted octanol–water partition coefficient (Wildman–Crippen LogP) is 1.73. The van der Waals surface area contributed by atoms with Gasteiger partial charge in [-0.1, -0.05) is 42.4 Å². The molecule has 0 fully saturated rings. The summed E-state index contributed by atoms with van der Waals surface area (Å²) in [7, 11) is 1.34. The second kappa shape index (κ2) is 17.7. The summed E-state index contributed by atoms with van der Waals surface area (Å²) in [4.78, 5) is 105. The van der Waals surface area contributed by atoms with Crippen LogP contribution >= 0.6 is 22.9 Å². The lowest BCUT2D eigenvalue weighted by Gasteiger charge is -2.23. The molecular formula is C39H41ClN10O7S. The maximum Gasteiger partial charge on any atom is 0.271 e. The van der Waals surface area contributed by atoms with E-state index in [1.165, 1.54) is 19.4 Å². The highest BCUT2D eigenvalue weighted by molar-refractivity contribution is 7.09. The molecule has 0 radical (unpaired) electrons. The second-order valence-electron chi connectivity index (χ2n) is 13.8. The number of carbonyl (C=O) groups excluding carboxylic acids is 7. The summed E-state index contributed by atoms with van der Waals surface area (Å²) in [5.41, 5.74) is 2.46. The lowest BCUT2D eigenvalue weighted by atomic mass is 10.0. The Bertz CT molecular complexity index is 2440. The average molecular weight is 829 g/mol. The van der Waals surface area contributed by atoms with Crippen molar-refractivity contribution in [2.75, 3.05) is 20.1 Å². The number of amides is 7. The van der Waals surface area contributed by atoms with Crippen LogP contribution in [0.2, 0.25) is 5.02 Å². The van der Waals surface area contributed by atoms with Gasteiger partial charge in [0.1, 0.15) is 28.8 Å². The first-order valence-electron chi connectivity index (χ1n) is 18.2. The number of thiazole rings is 1. The molecule has 0 saturated heterocycles. The Hall–Kier alpha value is -6.53. The van der Waals surface area contributed by atoms with Gasteiger partial charge in [0.25, 0.3) is 11.8 Å². The van der Waals surface area contributed by atoms with Crippen molar-refractivity contribution in [3.8, 4) is 0 Å². The molecule has 0 spiro atoms. The fourth-order valence-corrected chi connectivity index (χ4v) is 7.55. The van der Waals surface area contributed by atoms with Gasteiger partial charge >= 0.3 is 0 Å². The number of benzene rings is 2. The number of fused-ring (bicyclic) bond motifs is 4. The highest BCUT2D eigenvalue weighted by Crippen LogP contribution is 2.28. The number of carbonyl (C=O) groups is 7. The third-order valence-electron chi connectivity index (χ3n) is 9.47. The fraction of sp³-hybridized carbons (Fsp3) is 0.282. The zero-order chi connectivity index (χ0) is 41.7. The molecule has 5 aromatic rings. The summed E-state index contributed by atoms with van der Waals surface area (Å²) in [5.74, 6) is -4.96. The molecule has 6 rings (SSSR count). The molecule has 0 saturated carbocycles. The van der Waals surface area contributed by atoms with Crippen molar-refractivity contribution in [3.05, 3.63) is 99.4 Å². The van der Waals surface area contributed by atoms with E-state index in [4.69, 9.17) is 11.6 Å². The van der Waals surface area contributed by atoms with Crippen LogP contribution in [-0.2, 0) is 41.6 Å². The number of para-hydroxylation sites is 1. The van der Waals surface area contributed by atoms with Crippen molar-refractivity contribution in [1.82, 2.24) is 51.8 Å². The number of halogens is 1. The molecular weight excluding hydrogens is 788 g/mol. The van der Waals surface area contributed by atoms with E-state index in [1.54, 1.807) is 37.5 Å². The van der Waals surface area contributed by atoms with Crippen LogP contribution in [0.4, 0.5) is 0 Å². The van der Waals surface area contributed by atoms with E-state index >= 15 is 0 Å². The van der Waals surface area contributed by atoms with Gasteiger partial charge in [0, 0.05) is 59.5 Å². The minimum atomic E-state index is -1.29. The minimum absolute atomic E-state index is 0.0132. The van der Waals surface area contributed by atoms with Gasteiger partial charge in [0.05, 0.1) is 29.9 Å². The second-order valence-corrected chi connectivity index (χ2v) is 15.1. The zero-order valence-corrected chi connectivity index (χ0v) is 33.2. The van der Waals surface area contributed by atoms with Gasteiger partial charge in [-0.15, -0.1) is 11.3 Å². The van der Waals surface area contributed by atoms with Crippen LogP contribution in [0.25, 0.3) is 21.8 Å². The summed E-state index contributed by atoms with van der Waals surface area (Å²) in [6.45, 7) is 5.63. The van der Waals surface area contributed by atoms with E-state index in [-0.39, 0.29) is 24.2 Å². The van der Waals surface area contributed by atoms with E-state index in [9.17, 15) is 33.6 Å². The third-order valence-corrected chi connectivity index (χ3v) is 10.8. The van der Waals surface area contributed by atoms with Gasteiger partial charge in [0.15, 0.2) is 0 Å². The molecule has 302 valence electrons. The molecule has 19 heteroatoms. The molecule has 4 heterocycles. The quantitative estimate of drug-likeness (QED) is 0.124. The number of hydrogen-bond donors (Lipinski definition) is 8. The van der Waals surface area contributed by atoms with Gasteiger partial charge in [-0.2, -0.15) is 0 Å². The molecule has 58 heavy (non-hydrogen) atoms. The molecule has 2 bridgehead atoms. The standard InChI is InChI=1S/C39H41ClN10O7S/c1-19-34(53)46-21(3)39(57)50(4)17-32(52)45-20(2)38-49-30(18-58-38)37(56)48-29(12-22-14-41-26-10-6-5-8-24(22)26)36(55)47-28(35(54)43-16-31(51)44-19)13-23-15-42-27-11-7-9-25(40)33(23)27/h5-11,14-15,18-20,28-29,41-42H,3,12-13,16-17H2,1-2,4H3,(H,43,54)(H,44,51)(H,45,52)(H,46,53)(H,47,55)(H,48,56)/t19-,20-,28+,29+/m1/s1. The van der Waals surface area contributed by atoms with Crippen LogP contribution in [-0.4, -0.2) is 99.5 Å². The van der Waals surface area contributed by atoms with Crippen LogP contribution in [0.3, 0.4) is 0 Å². The Labute approximate surface area is 340 Å². The van der Waals surface area contributed by atoms with Crippen molar-refractivity contribution >= 4 is 86.1 Å². The molecule has 3 aromatic heterocycles. The number of aromatic amines is 2. The number of hydrogen-bond acceptors (Lipinski definition) is 9. The Morgan fingerprint density at radius 2 is 1.47 bits per heavy atom. The lowest BCUT2D eigenvalue weighted by Crippen LogP contribution is -2.56. The van der Waals surface area contributed by atoms with Crippen LogP contribution in [0, 0.1) is 0 Å². The molecule has 8 N–H and O–H groups in total. The van der Waals surface area contributed by atoms with E-state index < -0.39 is 78.6 Å². The normalized spacial score (nSPS) is 21.1. The number of aromatic nitrogens is 3. The van der Waals surface area contributed by atoms with Crippen LogP contribution in [0.15, 0.2) is 72.5 Å². The number of nitrogens with one attached hydrogen (secondary N) is 8. The van der Waals surface area contributed by atoms with E-state index in [2.05, 4.69) is 53.4 Å². The molecule has 7 amide bonds. The van der Waals surface area contributed by atoms with Crippen molar-refractivity contribution in [1.29, 1.82) is 0 Å². The van der Waals surface area contributed by atoms with Gasteiger partial charge in [0.2, 0.25) is 29.5 Å². The van der Waals surface area contributed by atoms with Gasteiger partial charge < -0.3 is 46.8 Å². The highest BCUT2D eigenvalue weighted by Gasteiger charge is 2.31. The summed E-state index contributed by atoms with van der Waals surface area (Å²) in [5, 5.41) is 19.3. The molecule has 2 aromatic carbocycles. The maximum absolute atomic E-state index is 14.3. The summed E-state index contributed by atoms with van der Waals surface area (Å²) in [6.07, 6.45) is 3.35. The molecule has 17 nitrogen and oxygen atoms in total. The van der Waals surface area contributed by atoms with Crippen molar-refractivity contribution in [2.24, 2.45) is 0 Å². The Morgan fingerprint density at radius 3 is 2.26 bits per heavy atom. The Morgan fingerprint density at radius 1 is 0.793 bits per heavy atom. The van der Waals surface area contributed by atoms with Crippen molar-refractivity contribution in [2.45, 2.75) is 50.9 Å². The van der Waals surface area contributed by atoms with E-state index in [0.717, 1.165) is 27.1 Å². The van der Waals surface area contributed by atoms with Crippen molar-refractivity contribution < 1.29 is 33.6 Å². The maximum atomic E-state index is 14.3. The van der Waals surface area contributed by atoms with E-state index in [0.29, 0.717) is 32.1 Å². The number of likely N-dealkylation sites (N-methyl/N-ethyl adjacent to an activating group) is 1. The third kappa shape index (κ3) is 9.52. The van der Waals surface area contributed by atoms with E-state index in [1.807, 2.05) is 24.3 Å². The molecule has 4 atom stereocenters. The van der Waals surface area contributed by atoms with Gasteiger partial charge in [-0.3, -0.25) is 33.6 Å². The Kier molecular flexibility index (Phi) is 12.6. The van der Waals surface area contributed by atoms with Crippen LogP contribution in [0.1, 0.15) is 46.5 Å². The summed E-state index contributed by atoms with van der Waals surface area (Å²) < 4.78 is 0. The van der Waals surface area contributed by atoms with Gasteiger partial charge in [-0.05, 0) is 43.2 Å². The minimum Gasteiger partial charge on any atom is -0.361 e. The summed E-state index contributed by atoms with van der Waals surface area (Å²) in [6, 6.07) is 8.35. The van der Waals surface area contributed by atoms with Crippen LogP contribution < -0.4 is 31.9 Å². The molecule has 0 unspecified atom stereocenters. The largest absolute Gasteiger partial charge is 0.361 e. The van der Waals surface area contributed by atoms with Crippen molar-refractivity contribution in [3.63, 3.8) is 0 Å². The first-order valence-corrected chi connectivity index (χ1v) is 19.4. The number of rotatable bonds is 4. The molecule has 1 aliphatic rings. The zero-order valence-electron chi connectivity index (χ0n) is 31.7. The summed E-state index contributed by atoms with van der Waals surface area (Å²) >= 11 is 7.66. The Balaban J connectivity index is 1.33. The van der Waals surface area contributed by atoms with Gasteiger partial charge in [-0.25, -0.2) is 4.98 Å². The first kappa shape index (κ1) is 41.1. The molecule has 1 aliphatic heterocycles. The molecule has 0 aliphatic carbocycles. The lowest BCUT2D eigenvalue weighted by molar-refractivity contribution is -0.133. The highest BCUT2D eigenvalue weighted by atomic mass is 35.5. The number of H-pyrrole nitrogens is 2. The smallest absolute Gasteiger partial charge is 0.271 e. The predicted molar refractivity (Wildman–Crippen MR) is 216 cm³/mol. The number of nitrogens with zero attached hydrogens (tertiary/aromatic N) is 2. The average Bonchev–Trinajstić information content (AvgIpc) is 3.95. The SMILES string of the molecule is C=C1NC(=O)[C@@H](C)NC(=O)CNC(=O)[C@H](Cc2c[nH]c3cccc(Cl)c23)NC(=O)[C@H](Cc2c[nH]c3ccccc23)NC(=O)c2csc(n2)[C@@H](C)NC(=O)CN(C)C1=O.